The summed E-state index contributed by atoms with van der Waals surface area (Å²) in [5.74, 6) is 0. The predicted octanol–water partition coefficient (Wildman–Crippen LogP) is 1.18. The van der Waals surface area contributed by atoms with Gasteiger partial charge in [-0.1, -0.05) is 0 Å². The van der Waals surface area contributed by atoms with Crippen LogP contribution in [0.1, 0.15) is 0 Å². The molecule has 1 aromatic heterocycles. The third-order valence-electron chi connectivity index (χ3n) is 1.30. The smallest absolute Gasteiger partial charge is 0.253 e. The summed E-state index contributed by atoms with van der Waals surface area (Å²) in [7, 11) is -1.44. The molecule has 1 aromatic rings. The summed E-state index contributed by atoms with van der Waals surface area (Å²) in [6.07, 6.45) is -1.83. The molecule has 0 aliphatic rings. The van der Waals surface area contributed by atoms with Gasteiger partial charge in [0, 0.05) is 6.26 Å². The lowest BCUT2D eigenvalue weighted by atomic mass is 10.6. The minimum absolute atomic E-state index is 0.0809. The topological polar surface area (TPSA) is 34.9 Å². The first kappa shape index (κ1) is 10.2. The highest BCUT2D eigenvalue weighted by atomic mass is 32.2. The lowest BCUT2D eigenvalue weighted by Gasteiger charge is -2.08. The first-order valence-corrected chi connectivity index (χ1v) is 4.88. The number of alkyl halides is 3. The standard InChI is InChI=1S/C6H7F3N2OS/c1-13(12)5-2-3-10-11(5)4-6(7,8)9/h2-3H,4H2,1H3. The van der Waals surface area contributed by atoms with Gasteiger partial charge in [0.15, 0.2) is 0 Å². The highest BCUT2D eigenvalue weighted by molar-refractivity contribution is 7.84. The molecule has 0 aliphatic carbocycles. The molecule has 13 heavy (non-hydrogen) atoms. The van der Waals surface area contributed by atoms with E-state index in [9.17, 15) is 17.4 Å². The third-order valence-corrected chi connectivity index (χ3v) is 2.24. The largest absolute Gasteiger partial charge is 0.408 e. The molecule has 7 heteroatoms. The van der Waals surface area contributed by atoms with Crippen LogP contribution >= 0.6 is 0 Å². The van der Waals surface area contributed by atoms with Gasteiger partial charge in [0.25, 0.3) is 0 Å². The summed E-state index contributed by atoms with van der Waals surface area (Å²) in [6.45, 7) is -1.20. The fourth-order valence-electron chi connectivity index (χ4n) is 0.853. The van der Waals surface area contributed by atoms with Crippen LogP contribution in [-0.2, 0) is 17.3 Å². The van der Waals surface area contributed by atoms with Crippen molar-refractivity contribution in [3.05, 3.63) is 12.3 Å². The molecule has 0 spiro atoms. The average molecular weight is 212 g/mol. The molecular weight excluding hydrogens is 205 g/mol. The summed E-state index contributed by atoms with van der Waals surface area (Å²) in [5.41, 5.74) is 0. The normalized spacial score (nSPS) is 14.5. The first-order chi connectivity index (χ1) is 5.90. The zero-order valence-electron chi connectivity index (χ0n) is 6.71. The van der Waals surface area contributed by atoms with Gasteiger partial charge in [-0.2, -0.15) is 18.3 Å². The Morgan fingerprint density at radius 1 is 1.62 bits per heavy atom. The quantitative estimate of drug-likeness (QED) is 0.737. The molecule has 0 saturated heterocycles. The Morgan fingerprint density at radius 3 is 2.69 bits per heavy atom. The number of nitrogens with zero attached hydrogens (tertiary/aromatic N) is 2. The molecule has 74 valence electrons. The van der Waals surface area contributed by atoms with Crippen LogP contribution in [0.4, 0.5) is 13.2 Å². The SMILES string of the molecule is CS(=O)c1ccnn1CC(F)(F)F. The van der Waals surface area contributed by atoms with Crippen LogP contribution < -0.4 is 0 Å². The van der Waals surface area contributed by atoms with Gasteiger partial charge < -0.3 is 0 Å². The van der Waals surface area contributed by atoms with Crippen LogP contribution in [0.25, 0.3) is 0 Å². The molecule has 0 aromatic carbocycles. The summed E-state index contributed by atoms with van der Waals surface area (Å²) in [4.78, 5) is 0. The highest BCUT2D eigenvalue weighted by Gasteiger charge is 2.29. The molecule has 0 radical (unpaired) electrons. The van der Waals surface area contributed by atoms with E-state index in [0.29, 0.717) is 4.68 Å². The lowest BCUT2D eigenvalue weighted by Crippen LogP contribution is -2.20. The Labute approximate surface area is 75.0 Å². The van der Waals surface area contributed by atoms with Crippen LogP contribution in [-0.4, -0.2) is 26.4 Å². The Kier molecular flexibility index (Phi) is 2.74. The van der Waals surface area contributed by atoms with Crippen molar-refractivity contribution in [2.24, 2.45) is 0 Å². The maximum atomic E-state index is 11.9. The van der Waals surface area contributed by atoms with Gasteiger partial charge in [-0.15, -0.1) is 0 Å². The van der Waals surface area contributed by atoms with Crippen molar-refractivity contribution in [3.8, 4) is 0 Å². The molecular formula is C6H7F3N2OS. The van der Waals surface area contributed by atoms with Crippen molar-refractivity contribution < 1.29 is 17.4 Å². The lowest BCUT2D eigenvalue weighted by molar-refractivity contribution is -0.144. The highest BCUT2D eigenvalue weighted by Crippen LogP contribution is 2.18. The second-order valence-electron chi connectivity index (χ2n) is 2.40. The minimum atomic E-state index is -4.33. The number of halogens is 3. The van der Waals surface area contributed by atoms with E-state index in [4.69, 9.17) is 0 Å². The van der Waals surface area contributed by atoms with Crippen molar-refractivity contribution in [1.82, 2.24) is 9.78 Å². The molecule has 1 heterocycles. The zero-order valence-corrected chi connectivity index (χ0v) is 7.52. The van der Waals surface area contributed by atoms with Gasteiger partial charge in [-0.25, -0.2) is 4.68 Å². The van der Waals surface area contributed by atoms with Crippen molar-refractivity contribution in [1.29, 1.82) is 0 Å². The number of rotatable bonds is 2. The Balaban J connectivity index is 2.89. The van der Waals surface area contributed by atoms with Gasteiger partial charge in [0.1, 0.15) is 11.6 Å². The van der Waals surface area contributed by atoms with E-state index in [1.165, 1.54) is 18.5 Å². The summed E-state index contributed by atoms with van der Waals surface area (Å²) < 4.78 is 47.3. The van der Waals surface area contributed by atoms with Crippen molar-refractivity contribution in [2.45, 2.75) is 17.7 Å². The molecule has 0 N–H and O–H groups in total. The number of hydrogen-bond acceptors (Lipinski definition) is 2. The summed E-state index contributed by atoms with van der Waals surface area (Å²) in [5, 5.41) is 3.51. The van der Waals surface area contributed by atoms with Gasteiger partial charge in [-0.3, -0.25) is 4.21 Å². The second-order valence-corrected chi connectivity index (χ2v) is 3.72. The molecule has 1 unspecified atom stereocenters. The molecule has 1 rings (SSSR count). The Hall–Kier alpha value is -0.850. The predicted molar refractivity (Wildman–Crippen MR) is 40.6 cm³/mol. The molecule has 0 fully saturated rings. The average Bonchev–Trinajstić information content (AvgIpc) is 2.31. The van der Waals surface area contributed by atoms with E-state index in [0.717, 1.165) is 0 Å². The van der Waals surface area contributed by atoms with Crippen molar-refractivity contribution in [2.75, 3.05) is 6.26 Å². The fraction of sp³-hybridized carbons (Fsp3) is 0.500. The van der Waals surface area contributed by atoms with E-state index in [-0.39, 0.29) is 5.03 Å². The first-order valence-electron chi connectivity index (χ1n) is 3.32. The Morgan fingerprint density at radius 2 is 2.23 bits per heavy atom. The molecule has 0 bridgehead atoms. The van der Waals surface area contributed by atoms with E-state index in [1.54, 1.807) is 0 Å². The van der Waals surface area contributed by atoms with E-state index >= 15 is 0 Å². The molecule has 1 atom stereocenters. The number of hydrogen-bond donors (Lipinski definition) is 0. The van der Waals surface area contributed by atoms with Gasteiger partial charge >= 0.3 is 6.18 Å². The van der Waals surface area contributed by atoms with E-state index < -0.39 is 23.5 Å². The maximum absolute atomic E-state index is 11.9. The molecule has 0 saturated carbocycles. The summed E-state index contributed by atoms with van der Waals surface area (Å²) in [6, 6.07) is 1.31. The van der Waals surface area contributed by atoms with E-state index in [1.807, 2.05) is 0 Å². The van der Waals surface area contributed by atoms with Crippen molar-refractivity contribution in [3.63, 3.8) is 0 Å². The van der Waals surface area contributed by atoms with Crippen LogP contribution in [0.3, 0.4) is 0 Å². The molecule has 0 aliphatic heterocycles. The van der Waals surface area contributed by atoms with Crippen LogP contribution in [0.15, 0.2) is 17.3 Å². The summed E-state index contributed by atoms with van der Waals surface area (Å²) >= 11 is 0. The van der Waals surface area contributed by atoms with Crippen molar-refractivity contribution >= 4 is 10.8 Å². The van der Waals surface area contributed by atoms with Crippen LogP contribution in [0.2, 0.25) is 0 Å². The monoisotopic (exact) mass is 212 g/mol. The van der Waals surface area contributed by atoms with Gasteiger partial charge in [-0.05, 0) is 6.07 Å². The maximum Gasteiger partial charge on any atom is 0.408 e. The molecule has 3 nitrogen and oxygen atoms in total. The van der Waals surface area contributed by atoms with Gasteiger partial charge in [0.2, 0.25) is 0 Å². The number of aromatic nitrogens is 2. The minimum Gasteiger partial charge on any atom is -0.253 e. The van der Waals surface area contributed by atoms with Crippen LogP contribution in [0, 0.1) is 0 Å². The van der Waals surface area contributed by atoms with E-state index in [2.05, 4.69) is 5.10 Å². The second kappa shape index (κ2) is 3.49. The van der Waals surface area contributed by atoms with Gasteiger partial charge in [0.05, 0.1) is 17.0 Å². The Bertz CT molecular complexity index is 320. The molecule has 0 amide bonds. The third kappa shape index (κ3) is 2.83. The zero-order chi connectivity index (χ0) is 10.1. The fourth-order valence-corrected chi connectivity index (χ4v) is 1.51. The van der Waals surface area contributed by atoms with Crippen LogP contribution in [0.5, 0.6) is 0 Å².